The van der Waals surface area contributed by atoms with Crippen molar-refractivity contribution < 1.29 is 0 Å². The molecule has 0 unspecified atom stereocenters. The van der Waals surface area contributed by atoms with E-state index in [1.807, 2.05) is 60.2 Å². The zero-order valence-electron chi connectivity index (χ0n) is 17.8. The molecule has 0 spiro atoms. The number of aryl methyl sites for hydroxylation is 2. The summed E-state index contributed by atoms with van der Waals surface area (Å²) >= 11 is 0. The molecule has 4 heterocycles. The maximum absolute atomic E-state index is 9.30. The Morgan fingerprint density at radius 3 is 2.74 bits per heavy atom. The van der Waals surface area contributed by atoms with Crippen molar-refractivity contribution >= 4 is 11.7 Å². The van der Waals surface area contributed by atoms with Crippen molar-refractivity contribution in [1.29, 1.82) is 5.26 Å². The molecule has 5 rings (SSSR count). The van der Waals surface area contributed by atoms with E-state index >= 15 is 0 Å². The summed E-state index contributed by atoms with van der Waals surface area (Å²) < 4.78 is 5.62. The first-order valence-corrected chi connectivity index (χ1v) is 10.2. The van der Waals surface area contributed by atoms with Gasteiger partial charge in [0.25, 0.3) is 0 Å². The molecule has 0 aromatic carbocycles. The molecule has 1 fully saturated rings. The fourth-order valence-corrected chi connectivity index (χ4v) is 4.38. The largest absolute Gasteiger partial charge is 0.301 e. The number of rotatable bonds is 5. The predicted molar refractivity (Wildman–Crippen MR) is 116 cm³/mol. The van der Waals surface area contributed by atoms with Crippen LogP contribution in [0.15, 0.2) is 42.0 Å². The molecule has 1 aliphatic rings. The Hall–Kier alpha value is -3.80. The lowest BCUT2D eigenvalue weighted by atomic mass is 9.67. The van der Waals surface area contributed by atoms with Crippen LogP contribution in [0.3, 0.4) is 0 Å². The third kappa shape index (κ3) is 3.20. The van der Waals surface area contributed by atoms with Crippen molar-refractivity contribution in [2.45, 2.75) is 31.7 Å². The normalized spacial score (nSPS) is 20.9. The summed E-state index contributed by atoms with van der Waals surface area (Å²) in [6.07, 6.45) is 13.8. The average molecular weight is 413 g/mol. The summed E-state index contributed by atoms with van der Waals surface area (Å²) in [6.45, 7) is 1.97. The molecular formula is C22H23N9. The van der Waals surface area contributed by atoms with E-state index in [0.29, 0.717) is 0 Å². The Balaban J connectivity index is 1.60. The van der Waals surface area contributed by atoms with Gasteiger partial charge in [-0.15, -0.1) is 0 Å². The Morgan fingerprint density at radius 2 is 2.03 bits per heavy atom. The van der Waals surface area contributed by atoms with Crippen LogP contribution in [0.5, 0.6) is 0 Å². The van der Waals surface area contributed by atoms with E-state index in [9.17, 15) is 5.26 Å². The van der Waals surface area contributed by atoms with Crippen LogP contribution < -0.4 is 0 Å². The summed E-state index contributed by atoms with van der Waals surface area (Å²) in [5.74, 6) is 0.0640. The molecule has 156 valence electrons. The van der Waals surface area contributed by atoms with Gasteiger partial charge >= 0.3 is 0 Å². The number of nitriles is 1. The van der Waals surface area contributed by atoms with E-state index < -0.39 is 0 Å². The maximum atomic E-state index is 9.30. The lowest BCUT2D eigenvalue weighted by Gasteiger charge is -2.44. The van der Waals surface area contributed by atoms with Crippen LogP contribution in [0.4, 0.5) is 0 Å². The minimum atomic E-state index is -0.203. The van der Waals surface area contributed by atoms with Crippen LogP contribution in [0.1, 0.15) is 25.0 Å². The predicted octanol–water partition coefficient (Wildman–Crippen LogP) is 3.02. The van der Waals surface area contributed by atoms with Gasteiger partial charge in [-0.2, -0.15) is 20.6 Å². The van der Waals surface area contributed by atoms with E-state index in [2.05, 4.69) is 26.4 Å². The number of hydrogen-bond acceptors (Lipinski definition) is 6. The second-order valence-corrected chi connectivity index (χ2v) is 8.27. The monoisotopic (exact) mass is 413 g/mol. The van der Waals surface area contributed by atoms with Crippen LogP contribution in [-0.4, -0.2) is 47.4 Å². The summed E-state index contributed by atoms with van der Waals surface area (Å²) in [4.78, 5) is 9.11. The zero-order chi connectivity index (χ0) is 21.6. The first-order valence-electron chi connectivity index (χ1n) is 10.2. The third-order valence-corrected chi connectivity index (χ3v) is 6.01. The minimum Gasteiger partial charge on any atom is -0.301 e. The molecular weight excluding hydrogens is 390 g/mol. The van der Waals surface area contributed by atoms with Gasteiger partial charge in [0.2, 0.25) is 0 Å². The molecule has 0 bridgehead atoms. The SMILES string of the molecule is CN=CCC1(n2cc(-c3nc(-c4cnn(C)c4)cn4nc(C)cc34)cn2)CC(C#N)C1. The number of aliphatic imine (C=N–C) groups is 1. The van der Waals surface area contributed by atoms with Crippen molar-refractivity contribution in [2.24, 2.45) is 18.0 Å². The van der Waals surface area contributed by atoms with Gasteiger partial charge in [-0.05, 0) is 25.8 Å². The summed E-state index contributed by atoms with van der Waals surface area (Å²) in [7, 11) is 3.66. The van der Waals surface area contributed by atoms with Gasteiger partial charge in [-0.25, -0.2) is 9.50 Å². The Bertz CT molecular complexity index is 1320. The molecule has 0 saturated heterocycles. The molecule has 0 amide bonds. The first-order chi connectivity index (χ1) is 15.0. The first kappa shape index (κ1) is 19.2. The van der Waals surface area contributed by atoms with Crippen molar-refractivity contribution in [2.75, 3.05) is 7.05 Å². The Labute approximate surface area is 179 Å². The van der Waals surface area contributed by atoms with Gasteiger partial charge in [0.1, 0.15) is 0 Å². The second kappa shape index (κ2) is 7.16. The van der Waals surface area contributed by atoms with Gasteiger partial charge in [0, 0.05) is 50.3 Å². The van der Waals surface area contributed by atoms with E-state index in [-0.39, 0.29) is 11.5 Å². The number of aromatic nitrogens is 7. The standard InChI is InChI=1S/C22H23N9/c1-15-6-20-21(27-19(14-30(20)28-15)17-10-25-29(3)12-17)18-11-26-31(13-18)22(4-5-24-2)7-16(8-22)9-23/h5-6,10-14,16H,4,7-8H2,1-3H3. The molecule has 9 nitrogen and oxygen atoms in total. The topological polar surface area (TPSA) is 102 Å². The van der Waals surface area contributed by atoms with E-state index in [0.717, 1.165) is 53.0 Å². The van der Waals surface area contributed by atoms with Crippen LogP contribution in [0.2, 0.25) is 0 Å². The Morgan fingerprint density at radius 1 is 1.23 bits per heavy atom. The second-order valence-electron chi connectivity index (χ2n) is 8.27. The molecule has 31 heavy (non-hydrogen) atoms. The molecule has 0 aliphatic heterocycles. The third-order valence-electron chi connectivity index (χ3n) is 6.01. The summed E-state index contributed by atoms with van der Waals surface area (Å²) in [6, 6.07) is 4.41. The van der Waals surface area contributed by atoms with Crippen molar-refractivity contribution in [3.05, 3.63) is 42.7 Å². The average Bonchev–Trinajstić information content (AvgIpc) is 3.45. The van der Waals surface area contributed by atoms with Gasteiger partial charge in [-0.1, -0.05) is 0 Å². The molecule has 1 saturated carbocycles. The highest BCUT2D eigenvalue weighted by Gasteiger charge is 2.46. The fourth-order valence-electron chi connectivity index (χ4n) is 4.38. The lowest BCUT2D eigenvalue weighted by molar-refractivity contribution is 0.0924. The van der Waals surface area contributed by atoms with Gasteiger partial charge < -0.3 is 4.99 Å². The van der Waals surface area contributed by atoms with Gasteiger partial charge in [0.15, 0.2) is 0 Å². The molecule has 0 N–H and O–H groups in total. The molecule has 1 aliphatic carbocycles. The fraction of sp³-hybridized carbons (Fsp3) is 0.364. The maximum Gasteiger partial charge on any atom is 0.0999 e. The minimum absolute atomic E-state index is 0.0640. The Kier molecular flexibility index (Phi) is 4.43. The highest BCUT2D eigenvalue weighted by molar-refractivity contribution is 5.78. The number of fused-ring (bicyclic) bond motifs is 1. The van der Waals surface area contributed by atoms with Gasteiger partial charge in [-0.3, -0.25) is 9.36 Å². The van der Waals surface area contributed by atoms with Crippen molar-refractivity contribution in [1.82, 2.24) is 34.2 Å². The van der Waals surface area contributed by atoms with E-state index in [1.54, 1.807) is 17.9 Å². The molecule has 9 heteroatoms. The summed E-state index contributed by atoms with van der Waals surface area (Å²) in [5, 5.41) is 22.9. The highest BCUT2D eigenvalue weighted by atomic mass is 15.3. The molecule has 0 atom stereocenters. The quantitative estimate of drug-likeness (QED) is 0.468. The smallest absolute Gasteiger partial charge is 0.0999 e. The molecule has 4 aromatic heterocycles. The van der Waals surface area contributed by atoms with Crippen molar-refractivity contribution in [3.8, 4) is 28.6 Å². The van der Waals surface area contributed by atoms with E-state index in [1.165, 1.54) is 0 Å². The number of hydrogen-bond donors (Lipinski definition) is 0. The number of nitrogens with zero attached hydrogens (tertiary/aromatic N) is 9. The van der Waals surface area contributed by atoms with Crippen LogP contribution in [0.25, 0.3) is 28.0 Å². The molecule has 4 aromatic rings. The lowest BCUT2D eigenvalue weighted by Crippen LogP contribution is -2.46. The van der Waals surface area contributed by atoms with Crippen LogP contribution >= 0.6 is 0 Å². The van der Waals surface area contributed by atoms with E-state index in [4.69, 9.17) is 4.98 Å². The van der Waals surface area contributed by atoms with Crippen molar-refractivity contribution in [3.63, 3.8) is 0 Å². The van der Waals surface area contributed by atoms with Gasteiger partial charge in [0.05, 0.1) is 58.7 Å². The van der Waals surface area contributed by atoms with Crippen LogP contribution in [0, 0.1) is 24.2 Å². The highest BCUT2D eigenvalue weighted by Crippen LogP contribution is 2.46. The summed E-state index contributed by atoms with van der Waals surface area (Å²) in [5.41, 5.74) is 5.12. The molecule has 0 radical (unpaired) electrons. The van der Waals surface area contributed by atoms with Crippen LogP contribution in [-0.2, 0) is 12.6 Å². The zero-order valence-corrected chi connectivity index (χ0v) is 17.8.